The first kappa shape index (κ1) is 13.3. The lowest BCUT2D eigenvalue weighted by Gasteiger charge is -2.05. The number of aromatic nitrogens is 1. The van der Waals surface area contributed by atoms with Crippen LogP contribution >= 0.6 is 39.1 Å². The maximum absolute atomic E-state index is 11.9. The summed E-state index contributed by atoms with van der Waals surface area (Å²) < 4.78 is 0.738. The molecule has 18 heavy (non-hydrogen) atoms. The molecular formula is C12H7BrCl2N2O. The highest BCUT2D eigenvalue weighted by molar-refractivity contribution is 9.10. The zero-order valence-electron chi connectivity index (χ0n) is 8.95. The van der Waals surface area contributed by atoms with E-state index in [1.807, 2.05) is 0 Å². The van der Waals surface area contributed by atoms with Gasteiger partial charge in [-0.25, -0.2) is 4.98 Å². The minimum atomic E-state index is -0.292. The minimum absolute atomic E-state index is 0.292. The fourth-order valence-electron chi connectivity index (χ4n) is 1.30. The number of carbonyl (C=O) groups is 1. The molecule has 2 rings (SSSR count). The fraction of sp³-hybridized carbons (Fsp3) is 0. The van der Waals surface area contributed by atoms with Gasteiger partial charge in [0.1, 0.15) is 11.0 Å². The highest BCUT2D eigenvalue weighted by atomic mass is 79.9. The molecular weight excluding hydrogens is 339 g/mol. The number of amides is 1. The van der Waals surface area contributed by atoms with E-state index < -0.39 is 0 Å². The summed E-state index contributed by atoms with van der Waals surface area (Å²) in [5.41, 5.74) is 0.449. The van der Waals surface area contributed by atoms with Crippen LogP contribution in [-0.4, -0.2) is 10.9 Å². The second-order valence-electron chi connectivity index (χ2n) is 3.43. The van der Waals surface area contributed by atoms with Crippen molar-refractivity contribution in [3.63, 3.8) is 0 Å². The minimum Gasteiger partial charge on any atom is -0.307 e. The van der Waals surface area contributed by atoms with E-state index in [1.165, 1.54) is 0 Å². The van der Waals surface area contributed by atoms with Gasteiger partial charge in [-0.3, -0.25) is 4.79 Å². The Morgan fingerprint density at radius 1 is 1.22 bits per heavy atom. The van der Waals surface area contributed by atoms with Crippen molar-refractivity contribution in [3.05, 3.63) is 56.6 Å². The molecule has 0 saturated carbocycles. The standard InChI is InChI=1S/C12H7BrCl2N2O/c13-8-5-4-7(6-9(8)14)12(18)17-11-3-1-2-10(15)16-11/h1-6H,(H,16,17,18). The van der Waals surface area contributed by atoms with Gasteiger partial charge >= 0.3 is 0 Å². The van der Waals surface area contributed by atoms with Crippen molar-refractivity contribution in [1.82, 2.24) is 4.98 Å². The normalized spacial score (nSPS) is 10.2. The Bertz CT molecular complexity index is 604. The number of benzene rings is 1. The second kappa shape index (κ2) is 5.69. The third-order valence-corrected chi connectivity index (χ3v) is 3.58. The highest BCUT2D eigenvalue weighted by Gasteiger charge is 2.08. The lowest BCUT2D eigenvalue weighted by Crippen LogP contribution is -2.12. The van der Waals surface area contributed by atoms with Crippen LogP contribution in [0, 0.1) is 0 Å². The lowest BCUT2D eigenvalue weighted by molar-refractivity contribution is 0.102. The van der Waals surface area contributed by atoms with E-state index in [0.717, 1.165) is 4.47 Å². The maximum atomic E-state index is 11.9. The van der Waals surface area contributed by atoms with Gasteiger partial charge in [0.05, 0.1) is 5.02 Å². The Hall–Kier alpha value is -1.10. The lowest BCUT2D eigenvalue weighted by atomic mass is 10.2. The number of halogens is 3. The van der Waals surface area contributed by atoms with Gasteiger partial charge in [0.25, 0.3) is 5.91 Å². The number of carbonyl (C=O) groups excluding carboxylic acids is 1. The van der Waals surface area contributed by atoms with Crippen molar-refractivity contribution < 1.29 is 4.79 Å². The smallest absolute Gasteiger partial charge is 0.256 e. The van der Waals surface area contributed by atoms with Gasteiger partial charge in [-0.2, -0.15) is 0 Å². The molecule has 0 fully saturated rings. The van der Waals surface area contributed by atoms with Crippen LogP contribution in [0.1, 0.15) is 10.4 Å². The Morgan fingerprint density at radius 3 is 2.67 bits per heavy atom. The maximum Gasteiger partial charge on any atom is 0.256 e. The first-order valence-corrected chi connectivity index (χ1v) is 6.50. The molecule has 92 valence electrons. The van der Waals surface area contributed by atoms with Gasteiger partial charge in [-0.1, -0.05) is 29.3 Å². The summed E-state index contributed by atoms with van der Waals surface area (Å²) in [6.07, 6.45) is 0. The molecule has 0 aliphatic carbocycles. The quantitative estimate of drug-likeness (QED) is 0.819. The predicted octanol–water partition coefficient (Wildman–Crippen LogP) is 4.40. The number of anilines is 1. The number of hydrogen-bond donors (Lipinski definition) is 1. The Labute approximate surface area is 122 Å². The van der Waals surface area contributed by atoms with Crippen LogP contribution < -0.4 is 5.32 Å². The zero-order chi connectivity index (χ0) is 13.1. The van der Waals surface area contributed by atoms with Crippen LogP contribution in [0.5, 0.6) is 0 Å². The predicted molar refractivity (Wildman–Crippen MR) is 76.4 cm³/mol. The van der Waals surface area contributed by atoms with Crippen LogP contribution in [-0.2, 0) is 0 Å². The van der Waals surface area contributed by atoms with Crippen LogP contribution in [0.4, 0.5) is 5.82 Å². The van der Waals surface area contributed by atoms with Crippen molar-refractivity contribution in [3.8, 4) is 0 Å². The van der Waals surface area contributed by atoms with E-state index in [-0.39, 0.29) is 5.91 Å². The van der Waals surface area contributed by atoms with Crippen molar-refractivity contribution in [2.75, 3.05) is 5.32 Å². The number of hydrogen-bond acceptors (Lipinski definition) is 2. The molecule has 0 atom stereocenters. The topological polar surface area (TPSA) is 42.0 Å². The van der Waals surface area contributed by atoms with Crippen LogP contribution in [0.2, 0.25) is 10.2 Å². The van der Waals surface area contributed by atoms with Crippen molar-refractivity contribution in [2.24, 2.45) is 0 Å². The molecule has 0 aliphatic rings. The monoisotopic (exact) mass is 344 g/mol. The molecule has 1 N–H and O–H groups in total. The van der Waals surface area contributed by atoms with E-state index in [1.54, 1.807) is 36.4 Å². The van der Waals surface area contributed by atoms with E-state index in [2.05, 4.69) is 26.2 Å². The fourth-order valence-corrected chi connectivity index (χ4v) is 1.89. The molecule has 6 heteroatoms. The van der Waals surface area contributed by atoms with Crippen molar-refractivity contribution in [1.29, 1.82) is 0 Å². The van der Waals surface area contributed by atoms with Gasteiger partial charge in [0.15, 0.2) is 0 Å². The molecule has 0 radical (unpaired) electrons. The molecule has 0 saturated heterocycles. The Kier molecular flexibility index (Phi) is 4.22. The van der Waals surface area contributed by atoms with E-state index in [4.69, 9.17) is 23.2 Å². The summed E-state index contributed by atoms with van der Waals surface area (Å²) >= 11 is 14.9. The summed E-state index contributed by atoms with van der Waals surface area (Å²) in [5.74, 6) is 0.103. The van der Waals surface area contributed by atoms with Crippen LogP contribution in [0.25, 0.3) is 0 Å². The molecule has 1 amide bonds. The van der Waals surface area contributed by atoms with E-state index >= 15 is 0 Å². The summed E-state index contributed by atoms with van der Waals surface area (Å²) in [5, 5.41) is 3.43. The van der Waals surface area contributed by atoms with E-state index in [0.29, 0.717) is 21.6 Å². The third-order valence-electron chi connectivity index (χ3n) is 2.14. The van der Waals surface area contributed by atoms with Gasteiger partial charge in [-0.15, -0.1) is 0 Å². The average Bonchev–Trinajstić information content (AvgIpc) is 2.32. The third kappa shape index (κ3) is 3.22. The molecule has 0 spiro atoms. The van der Waals surface area contributed by atoms with Crippen LogP contribution in [0.15, 0.2) is 40.9 Å². The van der Waals surface area contributed by atoms with Gasteiger partial charge in [-0.05, 0) is 46.3 Å². The summed E-state index contributed by atoms with van der Waals surface area (Å²) in [7, 11) is 0. The SMILES string of the molecule is O=C(Nc1cccc(Cl)n1)c1ccc(Br)c(Cl)c1. The van der Waals surface area contributed by atoms with Gasteiger partial charge in [0, 0.05) is 10.0 Å². The molecule has 2 aromatic rings. The van der Waals surface area contributed by atoms with Gasteiger partial charge < -0.3 is 5.32 Å². The van der Waals surface area contributed by atoms with Crippen LogP contribution in [0.3, 0.4) is 0 Å². The zero-order valence-corrected chi connectivity index (χ0v) is 12.1. The molecule has 0 bridgehead atoms. The molecule has 0 unspecified atom stereocenters. The Morgan fingerprint density at radius 2 is 2.00 bits per heavy atom. The molecule has 0 aliphatic heterocycles. The molecule has 1 aromatic carbocycles. The first-order chi connectivity index (χ1) is 8.56. The number of pyridine rings is 1. The highest BCUT2D eigenvalue weighted by Crippen LogP contribution is 2.23. The summed E-state index contributed by atoms with van der Waals surface area (Å²) in [6.45, 7) is 0. The number of nitrogens with zero attached hydrogens (tertiary/aromatic N) is 1. The summed E-state index contributed by atoms with van der Waals surface area (Å²) in [6, 6.07) is 9.95. The largest absolute Gasteiger partial charge is 0.307 e. The first-order valence-electron chi connectivity index (χ1n) is 4.95. The van der Waals surface area contributed by atoms with Crippen molar-refractivity contribution in [2.45, 2.75) is 0 Å². The molecule has 1 aromatic heterocycles. The van der Waals surface area contributed by atoms with E-state index in [9.17, 15) is 4.79 Å². The molecule has 1 heterocycles. The van der Waals surface area contributed by atoms with Gasteiger partial charge in [0.2, 0.25) is 0 Å². The molecule has 3 nitrogen and oxygen atoms in total. The Balaban J connectivity index is 2.19. The average molecular weight is 346 g/mol. The van der Waals surface area contributed by atoms with Crippen molar-refractivity contribution >= 4 is 50.9 Å². The number of rotatable bonds is 2. The summed E-state index contributed by atoms with van der Waals surface area (Å²) in [4.78, 5) is 15.9. The number of nitrogens with one attached hydrogen (secondary N) is 1. The second-order valence-corrected chi connectivity index (χ2v) is 5.08.